The van der Waals surface area contributed by atoms with Crippen molar-refractivity contribution >= 4 is 38.3 Å². The Bertz CT molecular complexity index is 1330. The van der Waals surface area contributed by atoms with Gasteiger partial charge in [-0.1, -0.05) is 78.9 Å². The first-order valence-electron chi connectivity index (χ1n) is 9.29. The number of hydrogen-bond acceptors (Lipinski definition) is 2. The monoisotopic (exact) mass is 362 g/mol. The number of carbonyl (C=O) groups is 1. The smallest absolute Gasteiger partial charge is 0.338 e. The zero-order valence-corrected chi connectivity index (χ0v) is 15.5. The molecule has 0 amide bonds. The zero-order chi connectivity index (χ0) is 19.1. The van der Waals surface area contributed by atoms with Gasteiger partial charge in [-0.05, 0) is 55.6 Å². The predicted molar refractivity (Wildman–Crippen MR) is 116 cm³/mol. The van der Waals surface area contributed by atoms with Crippen molar-refractivity contribution in [3.05, 3.63) is 96.6 Å². The molecule has 0 heterocycles. The lowest BCUT2D eigenvalue weighted by atomic mass is 9.91. The third-order valence-corrected chi connectivity index (χ3v) is 5.39. The Balaban J connectivity index is 1.88. The van der Waals surface area contributed by atoms with Gasteiger partial charge < -0.3 is 4.74 Å². The quantitative estimate of drug-likeness (QED) is 0.261. The maximum atomic E-state index is 12.2. The molecular formula is C26H18O2. The molecule has 28 heavy (non-hydrogen) atoms. The van der Waals surface area contributed by atoms with Gasteiger partial charge in [-0.25, -0.2) is 4.79 Å². The molecule has 0 bridgehead atoms. The summed E-state index contributed by atoms with van der Waals surface area (Å²) in [5, 5.41) is 7.36. The molecule has 0 N–H and O–H groups in total. The molecule has 0 unspecified atom stereocenters. The molecule has 2 nitrogen and oxygen atoms in total. The van der Waals surface area contributed by atoms with E-state index in [2.05, 4.69) is 66.7 Å². The van der Waals surface area contributed by atoms with Crippen LogP contribution in [0.3, 0.4) is 0 Å². The van der Waals surface area contributed by atoms with Crippen molar-refractivity contribution in [1.29, 1.82) is 0 Å². The number of methoxy groups -OCH3 is 1. The molecule has 0 aliphatic rings. The molecule has 134 valence electrons. The molecule has 5 rings (SSSR count). The molecule has 5 aromatic rings. The van der Waals surface area contributed by atoms with Crippen LogP contribution >= 0.6 is 0 Å². The highest BCUT2D eigenvalue weighted by Gasteiger charge is 2.14. The number of benzene rings is 5. The van der Waals surface area contributed by atoms with Crippen molar-refractivity contribution in [2.24, 2.45) is 0 Å². The van der Waals surface area contributed by atoms with E-state index >= 15 is 0 Å². The number of ether oxygens (including phenoxy) is 1. The van der Waals surface area contributed by atoms with Crippen molar-refractivity contribution in [1.82, 2.24) is 0 Å². The van der Waals surface area contributed by atoms with Crippen LogP contribution in [0.2, 0.25) is 0 Å². The van der Waals surface area contributed by atoms with Gasteiger partial charge in [0, 0.05) is 0 Å². The van der Waals surface area contributed by atoms with Gasteiger partial charge in [-0.3, -0.25) is 0 Å². The summed E-state index contributed by atoms with van der Waals surface area (Å²) in [5.74, 6) is -0.320. The lowest BCUT2D eigenvalue weighted by molar-refractivity contribution is 0.0601. The Kier molecular flexibility index (Phi) is 3.84. The lowest BCUT2D eigenvalue weighted by Gasteiger charge is -2.13. The van der Waals surface area contributed by atoms with Crippen LogP contribution < -0.4 is 0 Å². The predicted octanol–water partition coefficient (Wildman–Crippen LogP) is 6.60. The fourth-order valence-corrected chi connectivity index (χ4v) is 4.10. The van der Waals surface area contributed by atoms with E-state index < -0.39 is 0 Å². The van der Waals surface area contributed by atoms with E-state index in [1.54, 1.807) is 0 Å². The summed E-state index contributed by atoms with van der Waals surface area (Å²) in [6, 6.07) is 31.0. The molecule has 0 atom stereocenters. The number of rotatable bonds is 2. The molecule has 0 spiro atoms. The van der Waals surface area contributed by atoms with Crippen LogP contribution in [0.1, 0.15) is 10.4 Å². The Hall–Kier alpha value is -3.65. The highest BCUT2D eigenvalue weighted by atomic mass is 16.5. The molecule has 0 aliphatic carbocycles. The van der Waals surface area contributed by atoms with E-state index in [4.69, 9.17) is 4.74 Å². The van der Waals surface area contributed by atoms with Gasteiger partial charge in [0.05, 0.1) is 12.7 Å². The molecule has 2 heteroatoms. The number of esters is 1. The second-order valence-electron chi connectivity index (χ2n) is 6.89. The summed E-state index contributed by atoms with van der Waals surface area (Å²) in [5.41, 5.74) is 2.47. The van der Waals surface area contributed by atoms with Crippen LogP contribution in [0.5, 0.6) is 0 Å². The Morgan fingerprint density at radius 2 is 1.11 bits per heavy atom. The van der Waals surface area contributed by atoms with Crippen molar-refractivity contribution < 1.29 is 9.53 Å². The molecular weight excluding hydrogens is 344 g/mol. The summed E-state index contributed by atoms with van der Waals surface area (Å²) >= 11 is 0. The van der Waals surface area contributed by atoms with E-state index in [1.807, 2.05) is 24.3 Å². The molecule has 0 radical (unpaired) electrons. The molecule has 0 aromatic heterocycles. The van der Waals surface area contributed by atoms with Crippen molar-refractivity contribution in [3.63, 3.8) is 0 Å². The van der Waals surface area contributed by atoms with Crippen molar-refractivity contribution in [2.75, 3.05) is 7.11 Å². The van der Waals surface area contributed by atoms with Crippen molar-refractivity contribution in [3.8, 4) is 11.1 Å². The SMILES string of the molecule is COC(=O)c1ccccc1-c1ccc2c3ccccc3c3ccccc3c2c1. The first kappa shape index (κ1) is 16.5. The van der Waals surface area contributed by atoms with Gasteiger partial charge in [0.15, 0.2) is 0 Å². The molecule has 5 aromatic carbocycles. The minimum Gasteiger partial charge on any atom is -0.465 e. The van der Waals surface area contributed by atoms with E-state index in [0.29, 0.717) is 5.56 Å². The Labute approximate surface area is 163 Å². The normalized spacial score (nSPS) is 11.2. The number of fused-ring (bicyclic) bond motifs is 6. The molecule has 0 fully saturated rings. The minimum absolute atomic E-state index is 0.320. The topological polar surface area (TPSA) is 26.3 Å². The number of carbonyl (C=O) groups excluding carboxylic acids is 1. The van der Waals surface area contributed by atoms with Crippen LogP contribution in [0.4, 0.5) is 0 Å². The van der Waals surface area contributed by atoms with Gasteiger partial charge in [0.1, 0.15) is 0 Å². The fraction of sp³-hybridized carbons (Fsp3) is 0.0385. The van der Waals surface area contributed by atoms with Crippen LogP contribution in [-0.2, 0) is 4.74 Å². The number of hydrogen-bond donors (Lipinski definition) is 0. The lowest BCUT2D eigenvalue weighted by Crippen LogP contribution is -2.03. The molecule has 0 saturated carbocycles. The molecule has 0 saturated heterocycles. The Morgan fingerprint density at radius 3 is 1.71 bits per heavy atom. The average Bonchev–Trinajstić information content (AvgIpc) is 2.78. The van der Waals surface area contributed by atoms with E-state index in [-0.39, 0.29) is 5.97 Å². The summed E-state index contributed by atoms with van der Waals surface area (Å²) in [4.78, 5) is 12.2. The average molecular weight is 362 g/mol. The van der Waals surface area contributed by atoms with E-state index in [0.717, 1.165) is 11.1 Å². The highest BCUT2D eigenvalue weighted by Crippen LogP contribution is 2.37. The largest absolute Gasteiger partial charge is 0.465 e. The van der Waals surface area contributed by atoms with Crippen LogP contribution in [-0.4, -0.2) is 13.1 Å². The first-order valence-corrected chi connectivity index (χ1v) is 9.29. The Morgan fingerprint density at radius 1 is 0.607 bits per heavy atom. The van der Waals surface area contributed by atoms with Crippen LogP contribution in [0, 0.1) is 0 Å². The van der Waals surface area contributed by atoms with Crippen molar-refractivity contribution in [2.45, 2.75) is 0 Å². The summed E-state index contributed by atoms with van der Waals surface area (Å²) in [6.45, 7) is 0. The van der Waals surface area contributed by atoms with Gasteiger partial charge in [-0.15, -0.1) is 0 Å². The third-order valence-electron chi connectivity index (χ3n) is 5.39. The fourth-order valence-electron chi connectivity index (χ4n) is 4.10. The standard InChI is InChI=1S/C26H18O2/c1-28-26(27)24-13-7-2-8-18(24)17-14-15-23-21-11-4-3-9-19(21)20-10-5-6-12-22(20)25(23)16-17/h2-16H,1H3. The van der Waals surface area contributed by atoms with Crippen LogP contribution in [0.15, 0.2) is 91.0 Å². The van der Waals surface area contributed by atoms with Gasteiger partial charge in [0.25, 0.3) is 0 Å². The summed E-state index contributed by atoms with van der Waals surface area (Å²) in [6.07, 6.45) is 0. The third kappa shape index (κ3) is 2.46. The second-order valence-corrected chi connectivity index (χ2v) is 6.89. The van der Waals surface area contributed by atoms with Crippen LogP contribution in [0.25, 0.3) is 43.4 Å². The molecule has 0 aliphatic heterocycles. The minimum atomic E-state index is -0.320. The maximum Gasteiger partial charge on any atom is 0.338 e. The zero-order valence-electron chi connectivity index (χ0n) is 15.5. The maximum absolute atomic E-state index is 12.2. The van der Waals surface area contributed by atoms with Gasteiger partial charge in [0.2, 0.25) is 0 Å². The van der Waals surface area contributed by atoms with Gasteiger partial charge in [-0.2, -0.15) is 0 Å². The summed E-state index contributed by atoms with van der Waals surface area (Å²) in [7, 11) is 1.42. The highest BCUT2D eigenvalue weighted by molar-refractivity contribution is 6.25. The van der Waals surface area contributed by atoms with E-state index in [9.17, 15) is 4.79 Å². The van der Waals surface area contributed by atoms with E-state index in [1.165, 1.54) is 39.4 Å². The second kappa shape index (κ2) is 6.50. The summed E-state index contributed by atoms with van der Waals surface area (Å²) < 4.78 is 4.97. The van der Waals surface area contributed by atoms with Gasteiger partial charge >= 0.3 is 5.97 Å². The first-order chi connectivity index (χ1) is 13.8.